The molecule has 0 aliphatic carbocycles. The van der Waals surface area contributed by atoms with Crippen molar-refractivity contribution in [2.24, 2.45) is 14.1 Å². The van der Waals surface area contributed by atoms with Gasteiger partial charge in [0.15, 0.2) is 11.2 Å². The summed E-state index contributed by atoms with van der Waals surface area (Å²) in [6.45, 7) is 0.0818. The van der Waals surface area contributed by atoms with Gasteiger partial charge in [-0.3, -0.25) is 14.9 Å². The quantitative estimate of drug-likeness (QED) is 0.0636. The van der Waals surface area contributed by atoms with E-state index in [0.717, 1.165) is 16.9 Å². The molecule has 4 aromatic carbocycles. The summed E-state index contributed by atoms with van der Waals surface area (Å²) in [5.41, 5.74) is 8.13. The van der Waals surface area contributed by atoms with Gasteiger partial charge in [0.05, 0.1) is 60.5 Å². The van der Waals surface area contributed by atoms with Gasteiger partial charge in [0.1, 0.15) is 41.6 Å². The summed E-state index contributed by atoms with van der Waals surface area (Å²) in [5, 5.41) is 38.6. The molecular formula is C39H38N8O11. The molecule has 8 rings (SSSR count). The normalized spacial score (nSPS) is 11.3. The highest BCUT2D eigenvalue weighted by molar-refractivity contribution is 5.97. The van der Waals surface area contributed by atoms with Crippen LogP contribution in [-0.2, 0) is 25.4 Å². The maximum absolute atomic E-state index is 12.1. The van der Waals surface area contributed by atoms with Crippen molar-refractivity contribution in [3.63, 3.8) is 0 Å². The van der Waals surface area contributed by atoms with Gasteiger partial charge in [-0.2, -0.15) is 4.98 Å². The van der Waals surface area contributed by atoms with Crippen molar-refractivity contribution in [3.05, 3.63) is 95.6 Å². The fourth-order valence-electron chi connectivity index (χ4n) is 5.94. The standard InChI is InChI=1S/C20H21N5O6.C19H17N3O5/c1-25-16-5-2-12(18(28)24-30-9-7-27)10-15(16)21-19(25)23-20-22-14-4-3-13(29-8-6-26)11-17(14)31-20;1-22-15-5-2-11(19(24)25)8-14(15)20-17(22)10-18-21-13-4-3-12(26-7-6-23)9-16(13)27-18/h2-5,10-11,26-27H,6-9H2,1H3,(H,24,28)(H,21,22,23);2-5,8-9,23H,6-7,10H2,1H3,(H,24,25). The maximum atomic E-state index is 12.1. The van der Waals surface area contributed by atoms with Crippen LogP contribution in [0.4, 0.5) is 12.0 Å². The van der Waals surface area contributed by atoms with Crippen molar-refractivity contribution in [2.45, 2.75) is 6.42 Å². The van der Waals surface area contributed by atoms with E-state index in [1.165, 1.54) is 0 Å². The summed E-state index contributed by atoms with van der Waals surface area (Å²) in [4.78, 5) is 46.0. The average Bonchev–Trinajstić information content (AvgIpc) is 3.98. The van der Waals surface area contributed by atoms with Gasteiger partial charge < -0.3 is 47.9 Å². The number of aliphatic hydroxyl groups is 3. The molecule has 4 aromatic heterocycles. The van der Waals surface area contributed by atoms with Crippen LogP contribution in [0, 0.1) is 0 Å². The topological polar surface area (TPSA) is 255 Å². The van der Waals surface area contributed by atoms with E-state index in [-0.39, 0.29) is 51.2 Å². The summed E-state index contributed by atoms with van der Waals surface area (Å²) in [6, 6.07) is 20.7. The van der Waals surface area contributed by atoms with E-state index in [1.807, 2.05) is 23.2 Å². The van der Waals surface area contributed by atoms with E-state index in [1.54, 1.807) is 72.8 Å². The Morgan fingerprint density at radius 3 is 1.95 bits per heavy atom. The molecule has 0 aliphatic rings. The van der Waals surface area contributed by atoms with Crippen LogP contribution in [0.25, 0.3) is 44.3 Å². The molecule has 0 atom stereocenters. The Bertz CT molecular complexity index is 2730. The zero-order valence-electron chi connectivity index (χ0n) is 31.2. The van der Waals surface area contributed by atoms with E-state index in [4.69, 9.17) is 43.6 Å². The molecule has 0 radical (unpaired) electrons. The molecule has 0 unspecified atom stereocenters. The minimum Gasteiger partial charge on any atom is -0.491 e. The zero-order chi connectivity index (χ0) is 40.8. The van der Waals surface area contributed by atoms with Gasteiger partial charge in [-0.25, -0.2) is 25.2 Å². The van der Waals surface area contributed by atoms with Gasteiger partial charge in [-0.15, -0.1) is 0 Å². The van der Waals surface area contributed by atoms with E-state index >= 15 is 0 Å². The number of rotatable bonds is 15. The molecule has 0 fully saturated rings. The number of amides is 1. The number of nitrogens with one attached hydrogen (secondary N) is 2. The summed E-state index contributed by atoms with van der Waals surface area (Å²) in [6.07, 6.45) is 0.370. The third-order valence-electron chi connectivity index (χ3n) is 8.73. The van der Waals surface area contributed by atoms with E-state index in [0.29, 0.717) is 68.6 Å². The number of carboxylic acids is 1. The number of aromatic carboxylic acids is 1. The van der Waals surface area contributed by atoms with Gasteiger partial charge in [-0.1, -0.05) is 0 Å². The van der Waals surface area contributed by atoms with Crippen molar-refractivity contribution < 1.29 is 53.2 Å². The van der Waals surface area contributed by atoms with Gasteiger partial charge in [0.2, 0.25) is 11.8 Å². The Labute approximate surface area is 328 Å². The Morgan fingerprint density at radius 2 is 1.28 bits per heavy atom. The first-order valence-corrected chi connectivity index (χ1v) is 17.9. The van der Waals surface area contributed by atoms with Gasteiger partial charge >= 0.3 is 12.0 Å². The van der Waals surface area contributed by atoms with E-state index < -0.39 is 11.9 Å². The second-order valence-electron chi connectivity index (χ2n) is 12.6. The smallest absolute Gasteiger partial charge is 0.335 e. The fraction of sp³-hybridized carbons (Fsp3) is 0.231. The molecule has 6 N–H and O–H groups in total. The number of hydrogen-bond donors (Lipinski definition) is 6. The SMILES string of the molecule is Cn1c(Cc2nc3ccc(OCCO)cc3o2)nc2cc(C(=O)O)ccc21.Cn1c(Nc2nc3ccc(OCCO)cc3o2)nc2cc(C(=O)NOCCO)ccc21. The summed E-state index contributed by atoms with van der Waals surface area (Å²) < 4.78 is 26.0. The van der Waals surface area contributed by atoms with Crippen LogP contribution in [0.5, 0.6) is 11.5 Å². The molecule has 4 heterocycles. The predicted octanol–water partition coefficient (Wildman–Crippen LogP) is 3.86. The van der Waals surface area contributed by atoms with Crippen molar-refractivity contribution in [2.75, 3.05) is 45.0 Å². The second-order valence-corrected chi connectivity index (χ2v) is 12.6. The first kappa shape index (κ1) is 39.2. The summed E-state index contributed by atoms with van der Waals surface area (Å²) in [5.74, 6) is 1.45. The van der Waals surface area contributed by atoms with Crippen LogP contribution >= 0.6 is 0 Å². The maximum Gasteiger partial charge on any atom is 0.335 e. The number of aromatic nitrogens is 6. The molecule has 300 valence electrons. The minimum absolute atomic E-state index is 0.00515. The Morgan fingerprint density at radius 1 is 0.672 bits per heavy atom. The lowest BCUT2D eigenvalue weighted by Gasteiger charge is -2.04. The predicted molar refractivity (Wildman–Crippen MR) is 208 cm³/mol. The highest BCUT2D eigenvalue weighted by Gasteiger charge is 2.17. The Kier molecular flexibility index (Phi) is 11.7. The Hall–Kier alpha value is -7.06. The number of carbonyl (C=O) groups excluding carboxylic acids is 1. The third kappa shape index (κ3) is 8.66. The highest BCUT2D eigenvalue weighted by Crippen LogP contribution is 2.28. The zero-order valence-corrected chi connectivity index (χ0v) is 31.2. The van der Waals surface area contributed by atoms with Crippen molar-refractivity contribution in [3.8, 4) is 11.5 Å². The van der Waals surface area contributed by atoms with E-state index in [9.17, 15) is 9.59 Å². The number of aliphatic hydroxyl groups excluding tert-OH is 3. The van der Waals surface area contributed by atoms with Crippen LogP contribution in [0.15, 0.2) is 81.6 Å². The third-order valence-corrected chi connectivity index (χ3v) is 8.73. The van der Waals surface area contributed by atoms with E-state index in [2.05, 4.69) is 30.7 Å². The molecule has 0 bridgehead atoms. The van der Waals surface area contributed by atoms with Crippen molar-refractivity contribution >= 4 is 68.1 Å². The molecule has 58 heavy (non-hydrogen) atoms. The number of fused-ring (bicyclic) bond motifs is 4. The monoisotopic (exact) mass is 794 g/mol. The van der Waals surface area contributed by atoms with Crippen molar-refractivity contribution in [1.82, 2.24) is 34.6 Å². The van der Waals surface area contributed by atoms with Crippen LogP contribution in [0.3, 0.4) is 0 Å². The largest absolute Gasteiger partial charge is 0.491 e. The Balaban J connectivity index is 0.000000178. The number of hydrogen-bond acceptors (Lipinski definition) is 15. The second kappa shape index (κ2) is 17.4. The number of ether oxygens (including phenoxy) is 2. The van der Waals surface area contributed by atoms with Gasteiger partial charge in [0.25, 0.3) is 5.91 Å². The molecule has 8 aromatic rings. The lowest BCUT2D eigenvalue weighted by atomic mass is 10.2. The highest BCUT2D eigenvalue weighted by atomic mass is 16.7. The molecule has 19 nitrogen and oxygen atoms in total. The van der Waals surface area contributed by atoms with Gasteiger partial charge in [-0.05, 0) is 60.7 Å². The summed E-state index contributed by atoms with van der Waals surface area (Å²) in [7, 11) is 3.69. The number of aryl methyl sites for hydroxylation is 2. The molecule has 0 aliphatic heterocycles. The minimum atomic E-state index is -0.984. The van der Waals surface area contributed by atoms with Crippen molar-refractivity contribution in [1.29, 1.82) is 0 Å². The number of imidazole rings is 2. The number of carbonyl (C=O) groups is 2. The molecule has 19 heteroatoms. The lowest BCUT2D eigenvalue weighted by Crippen LogP contribution is -2.25. The molecule has 0 saturated carbocycles. The van der Waals surface area contributed by atoms with Crippen LogP contribution in [-0.4, -0.2) is 101 Å². The van der Waals surface area contributed by atoms with Crippen LogP contribution in [0.2, 0.25) is 0 Å². The molecule has 0 spiro atoms. The molecule has 0 saturated heterocycles. The number of carboxylic acid groups (broad SMARTS) is 1. The van der Waals surface area contributed by atoms with Gasteiger partial charge in [0, 0.05) is 31.8 Å². The number of benzene rings is 4. The number of oxazole rings is 2. The molecule has 1 amide bonds. The fourth-order valence-corrected chi connectivity index (χ4v) is 5.94. The number of nitrogens with zero attached hydrogens (tertiary/aromatic N) is 6. The lowest BCUT2D eigenvalue weighted by molar-refractivity contribution is 0.0168. The first-order chi connectivity index (χ1) is 28.1. The number of hydroxylamine groups is 1. The van der Waals surface area contributed by atoms with Crippen LogP contribution in [0.1, 0.15) is 32.4 Å². The molecular weight excluding hydrogens is 756 g/mol. The number of anilines is 2. The average molecular weight is 795 g/mol. The summed E-state index contributed by atoms with van der Waals surface area (Å²) >= 11 is 0. The first-order valence-electron chi connectivity index (χ1n) is 17.9. The van der Waals surface area contributed by atoms with Crippen LogP contribution < -0.4 is 20.3 Å².